The first-order valence-corrected chi connectivity index (χ1v) is 7.17. The molecule has 0 aliphatic rings. The van der Waals surface area contributed by atoms with Crippen LogP contribution in [0.25, 0.3) is 0 Å². The lowest BCUT2D eigenvalue weighted by Crippen LogP contribution is -1.93. The number of hydrogen-bond donors (Lipinski definition) is 1. The van der Waals surface area contributed by atoms with E-state index in [1.165, 1.54) is 23.3 Å². The Balaban J connectivity index is 0.000000791. The molecule has 0 spiro atoms. The van der Waals surface area contributed by atoms with Gasteiger partial charge in [0.1, 0.15) is 0 Å². The van der Waals surface area contributed by atoms with Crippen LogP contribution < -0.4 is 0 Å². The lowest BCUT2D eigenvalue weighted by molar-refractivity contribution is 1.05. The van der Waals surface area contributed by atoms with Crippen molar-refractivity contribution >= 4 is 24.4 Å². The van der Waals surface area contributed by atoms with E-state index in [-0.39, 0.29) is 0 Å². The van der Waals surface area contributed by atoms with Gasteiger partial charge in [0.25, 0.3) is 0 Å². The molecule has 0 aliphatic heterocycles. The Hall–Kier alpha value is -0.0800. The summed E-state index contributed by atoms with van der Waals surface area (Å²) in [6.07, 6.45) is 6.23. The summed E-state index contributed by atoms with van der Waals surface area (Å²) in [6, 6.07) is 8.74. The quantitative estimate of drug-likeness (QED) is 0.767. The van der Waals surface area contributed by atoms with Crippen LogP contribution in [0.4, 0.5) is 0 Å². The predicted molar refractivity (Wildman–Crippen MR) is 72.8 cm³/mol. The monoisotopic (exact) mass is 228 g/mol. The van der Waals surface area contributed by atoms with E-state index in [4.69, 9.17) is 0 Å². The average molecular weight is 228 g/mol. The Kier molecular flexibility index (Phi) is 9.42. The second kappa shape index (κ2) is 9.47. The lowest BCUT2D eigenvalue weighted by Gasteiger charge is -2.05. The molecule has 0 radical (unpaired) electrons. The molecular weight excluding hydrogens is 208 g/mol. The van der Waals surface area contributed by atoms with Gasteiger partial charge in [-0.15, -0.1) is 0 Å². The number of benzene rings is 1. The van der Waals surface area contributed by atoms with Gasteiger partial charge in [-0.3, -0.25) is 0 Å². The highest BCUT2D eigenvalue weighted by molar-refractivity contribution is 7.98. The van der Waals surface area contributed by atoms with Crippen molar-refractivity contribution in [3.05, 3.63) is 35.4 Å². The van der Waals surface area contributed by atoms with Gasteiger partial charge in [-0.2, -0.15) is 24.4 Å². The maximum Gasteiger partial charge on any atom is -0.00297 e. The van der Waals surface area contributed by atoms with E-state index in [1.807, 2.05) is 11.8 Å². The smallest absolute Gasteiger partial charge is 0.00297 e. The predicted octanol–water partition coefficient (Wildman–Crippen LogP) is 3.70. The first-order valence-electron chi connectivity index (χ1n) is 4.89. The van der Waals surface area contributed by atoms with Crippen molar-refractivity contribution < 1.29 is 0 Å². The molecule has 1 aromatic carbocycles. The summed E-state index contributed by atoms with van der Waals surface area (Å²) < 4.78 is 0. The molecular formula is C12H20S2. The van der Waals surface area contributed by atoms with Crippen LogP contribution in [0.2, 0.25) is 0 Å². The van der Waals surface area contributed by atoms with Crippen molar-refractivity contribution in [2.75, 3.05) is 18.3 Å². The van der Waals surface area contributed by atoms with Crippen LogP contribution >= 0.6 is 24.4 Å². The largest absolute Gasteiger partial charge is 0.183 e. The van der Waals surface area contributed by atoms with Crippen molar-refractivity contribution in [2.45, 2.75) is 19.8 Å². The van der Waals surface area contributed by atoms with E-state index in [0.29, 0.717) is 0 Å². The van der Waals surface area contributed by atoms with Crippen molar-refractivity contribution in [1.82, 2.24) is 0 Å². The van der Waals surface area contributed by atoms with Crippen LogP contribution in [0.1, 0.15) is 18.1 Å². The molecule has 0 nitrogen and oxygen atoms in total. The fourth-order valence-electron chi connectivity index (χ4n) is 1.36. The van der Waals surface area contributed by atoms with Crippen LogP contribution in [0.15, 0.2) is 24.3 Å². The van der Waals surface area contributed by atoms with E-state index in [2.05, 4.69) is 50.1 Å². The molecule has 0 saturated heterocycles. The normalized spacial score (nSPS) is 9.14. The van der Waals surface area contributed by atoms with Crippen LogP contribution in [0.5, 0.6) is 0 Å². The highest BCUT2D eigenvalue weighted by atomic mass is 32.2. The van der Waals surface area contributed by atoms with E-state index < -0.39 is 0 Å². The highest BCUT2D eigenvalue weighted by Crippen LogP contribution is 2.11. The molecule has 0 aliphatic carbocycles. The molecule has 0 bridgehead atoms. The fourth-order valence-corrected chi connectivity index (χ4v) is 1.78. The number of thiol groups is 1. The third-order valence-corrected chi connectivity index (χ3v) is 2.69. The Morgan fingerprint density at radius 1 is 1.14 bits per heavy atom. The van der Waals surface area contributed by atoms with Crippen LogP contribution in [-0.2, 0) is 12.8 Å². The lowest BCUT2D eigenvalue weighted by atomic mass is 10.0. The van der Waals surface area contributed by atoms with Crippen LogP contribution in [-0.4, -0.2) is 18.3 Å². The van der Waals surface area contributed by atoms with E-state index in [1.54, 1.807) is 6.26 Å². The molecule has 14 heavy (non-hydrogen) atoms. The maximum absolute atomic E-state index is 3.53. The fraction of sp³-hybridized carbons (Fsp3) is 0.500. The molecule has 0 aromatic heterocycles. The van der Waals surface area contributed by atoms with Gasteiger partial charge in [-0.1, -0.05) is 31.2 Å². The van der Waals surface area contributed by atoms with Crippen LogP contribution in [0.3, 0.4) is 0 Å². The zero-order valence-corrected chi connectivity index (χ0v) is 11.0. The SMILES string of the molecule is CCc1ccccc1CCSC.CS. The van der Waals surface area contributed by atoms with Crippen molar-refractivity contribution in [2.24, 2.45) is 0 Å². The van der Waals surface area contributed by atoms with Crippen molar-refractivity contribution in [3.8, 4) is 0 Å². The zero-order valence-electron chi connectivity index (χ0n) is 9.29. The minimum absolute atomic E-state index is 1.16. The number of rotatable bonds is 4. The molecule has 80 valence electrons. The van der Waals surface area contributed by atoms with Gasteiger partial charge in [-0.25, -0.2) is 0 Å². The van der Waals surface area contributed by atoms with E-state index in [0.717, 1.165) is 6.42 Å². The summed E-state index contributed by atoms with van der Waals surface area (Å²) in [4.78, 5) is 0. The summed E-state index contributed by atoms with van der Waals surface area (Å²) in [5.41, 5.74) is 3.03. The van der Waals surface area contributed by atoms with Gasteiger partial charge < -0.3 is 0 Å². The Labute approximate surface area is 97.9 Å². The molecule has 0 amide bonds. The molecule has 0 atom stereocenters. The molecule has 0 unspecified atom stereocenters. The summed E-state index contributed by atoms with van der Waals surface area (Å²) in [5.74, 6) is 1.23. The molecule has 1 rings (SSSR count). The number of thioether (sulfide) groups is 1. The molecule has 0 saturated carbocycles. The maximum atomic E-state index is 3.53. The minimum atomic E-state index is 1.16. The molecule has 1 aromatic rings. The molecule has 0 fully saturated rings. The van der Waals surface area contributed by atoms with Crippen LogP contribution in [0, 0.1) is 0 Å². The van der Waals surface area contributed by atoms with Gasteiger partial charge >= 0.3 is 0 Å². The highest BCUT2D eigenvalue weighted by Gasteiger charge is 1.97. The van der Waals surface area contributed by atoms with E-state index in [9.17, 15) is 0 Å². The molecule has 2 heteroatoms. The van der Waals surface area contributed by atoms with E-state index >= 15 is 0 Å². The third kappa shape index (κ3) is 4.97. The van der Waals surface area contributed by atoms with Gasteiger partial charge in [-0.05, 0) is 42.2 Å². The summed E-state index contributed by atoms with van der Waals surface area (Å²) >= 11 is 5.44. The first kappa shape index (κ1) is 13.9. The second-order valence-electron chi connectivity index (χ2n) is 2.87. The van der Waals surface area contributed by atoms with Crippen molar-refractivity contribution in [3.63, 3.8) is 0 Å². The number of aryl methyl sites for hydroxylation is 2. The second-order valence-corrected chi connectivity index (χ2v) is 3.85. The zero-order chi connectivity index (χ0) is 10.8. The Morgan fingerprint density at radius 2 is 1.71 bits per heavy atom. The Morgan fingerprint density at radius 3 is 2.21 bits per heavy atom. The summed E-state index contributed by atoms with van der Waals surface area (Å²) in [6.45, 7) is 2.22. The molecule has 0 heterocycles. The topological polar surface area (TPSA) is 0 Å². The molecule has 0 N–H and O–H groups in total. The van der Waals surface area contributed by atoms with Crippen molar-refractivity contribution in [1.29, 1.82) is 0 Å². The standard InChI is InChI=1S/C11H16S.CH4S/c1-3-10-6-4-5-7-11(10)8-9-12-2;1-2/h4-7H,3,8-9H2,1-2H3;2H,1H3. The Bertz CT molecular complexity index is 234. The average Bonchev–Trinajstić information content (AvgIpc) is 2.29. The summed E-state index contributed by atoms with van der Waals surface area (Å²) in [5, 5.41) is 0. The third-order valence-electron chi connectivity index (χ3n) is 2.07. The van der Waals surface area contributed by atoms with Gasteiger partial charge in [0.05, 0.1) is 0 Å². The van der Waals surface area contributed by atoms with Gasteiger partial charge in [0.2, 0.25) is 0 Å². The van der Waals surface area contributed by atoms with Gasteiger partial charge in [0.15, 0.2) is 0 Å². The number of hydrogen-bond acceptors (Lipinski definition) is 2. The minimum Gasteiger partial charge on any atom is -0.183 e. The first-order chi connectivity index (χ1) is 6.88. The summed E-state index contributed by atoms with van der Waals surface area (Å²) in [7, 11) is 0. The van der Waals surface area contributed by atoms with Gasteiger partial charge in [0, 0.05) is 0 Å².